The Morgan fingerprint density at radius 1 is 1.30 bits per heavy atom. The number of nitrogens with zero attached hydrogens (tertiary/aromatic N) is 1. The molecule has 0 radical (unpaired) electrons. The van der Waals surface area contributed by atoms with Gasteiger partial charge in [-0.25, -0.2) is 4.79 Å². The van der Waals surface area contributed by atoms with Crippen molar-refractivity contribution < 1.29 is 14.3 Å². The molecule has 0 saturated heterocycles. The molecule has 0 aliphatic carbocycles. The summed E-state index contributed by atoms with van der Waals surface area (Å²) in [5, 5.41) is 3.22. The Bertz CT molecular complexity index is 710. The number of benzene rings is 1. The van der Waals surface area contributed by atoms with Crippen LogP contribution in [0.15, 0.2) is 47.2 Å². The molecule has 0 unspecified atom stereocenters. The van der Waals surface area contributed by atoms with Crippen LogP contribution in [0, 0.1) is 0 Å². The van der Waals surface area contributed by atoms with Gasteiger partial charge in [-0.15, -0.1) is 0 Å². The Labute approximate surface area is 147 Å². The summed E-state index contributed by atoms with van der Waals surface area (Å²) in [4.78, 5) is 28.1. The number of hydrogen-bond donors (Lipinski definition) is 1. The number of carbonyl (C=O) groups excluding carboxylic acids is 2. The maximum absolute atomic E-state index is 12.2. The van der Waals surface area contributed by atoms with E-state index in [-0.39, 0.29) is 12.3 Å². The molecule has 0 spiro atoms. The Hall–Kier alpha value is -1.92. The fourth-order valence-electron chi connectivity index (χ4n) is 2.00. The highest BCUT2D eigenvalue weighted by atomic mass is 79.9. The normalized spacial score (nSPS) is 11.6. The van der Waals surface area contributed by atoms with Gasteiger partial charge in [-0.2, -0.15) is 0 Å². The lowest BCUT2D eigenvalue weighted by Crippen LogP contribution is -2.43. The van der Waals surface area contributed by atoms with E-state index in [1.165, 1.54) is 19.5 Å². The number of aromatic nitrogens is 1. The third kappa shape index (κ3) is 4.77. The van der Waals surface area contributed by atoms with Gasteiger partial charge < -0.3 is 10.1 Å². The van der Waals surface area contributed by atoms with E-state index in [0.717, 1.165) is 10.0 Å². The second-order valence-corrected chi connectivity index (χ2v) is 6.02. The predicted octanol–water partition coefficient (Wildman–Crippen LogP) is 3.01. The van der Waals surface area contributed by atoms with E-state index in [0.29, 0.717) is 10.6 Å². The van der Waals surface area contributed by atoms with E-state index in [2.05, 4.69) is 26.2 Å². The molecule has 0 saturated carbocycles. The minimum absolute atomic E-state index is 0.255. The SMILES string of the molecule is COC(=O)[C@H](Cc1cc(Cl)ccc1Br)NC(=O)c1ccncc1. The molecule has 7 heteroatoms. The molecule has 1 aromatic carbocycles. The summed E-state index contributed by atoms with van der Waals surface area (Å²) in [6.45, 7) is 0. The zero-order valence-corrected chi connectivity index (χ0v) is 14.6. The number of nitrogens with one attached hydrogen (secondary N) is 1. The molecule has 0 bridgehead atoms. The standard InChI is InChI=1S/C16H14BrClN2O3/c1-23-16(22)14(9-11-8-12(18)2-3-13(11)17)20-15(21)10-4-6-19-7-5-10/h2-8,14H,9H2,1H3,(H,20,21)/t14-/m0/s1. The molecule has 1 heterocycles. The van der Waals surface area contributed by atoms with E-state index in [1.807, 2.05) is 0 Å². The topological polar surface area (TPSA) is 68.3 Å². The average molecular weight is 398 g/mol. The third-order valence-corrected chi connectivity index (χ3v) is 4.17. The number of halogens is 2. The number of carbonyl (C=O) groups is 2. The molecule has 1 aromatic heterocycles. The Balaban J connectivity index is 2.19. The van der Waals surface area contributed by atoms with E-state index >= 15 is 0 Å². The fraction of sp³-hybridized carbons (Fsp3) is 0.188. The molecular weight excluding hydrogens is 384 g/mol. The summed E-state index contributed by atoms with van der Waals surface area (Å²) in [5.74, 6) is -0.903. The van der Waals surface area contributed by atoms with Gasteiger partial charge in [0.1, 0.15) is 6.04 Å². The first-order valence-electron chi connectivity index (χ1n) is 6.74. The second kappa shape index (κ2) is 8.08. The molecular formula is C16H14BrClN2O3. The summed E-state index contributed by atoms with van der Waals surface area (Å²) in [5.41, 5.74) is 1.21. The minimum Gasteiger partial charge on any atom is -0.467 e. The van der Waals surface area contributed by atoms with Gasteiger partial charge in [0, 0.05) is 33.9 Å². The van der Waals surface area contributed by atoms with Crippen LogP contribution in [0.2, 0.25) is 5.02 Å². The minimum atomic E-state index is -0.824. The number of rotatable bonds is 5. The highest BCUT2D eigenvalue weighted by Gasteiger charge is 2.23. The first-order chi connectivity index (χ1) is 11.0. The van der Waals surface area contributed by atoms with Crippen LogP contribution in [0.3, 0.4) is 0 Å². The lowest BCUT2D eigenvalue weighted by Gasteiger charge is -2.17. The fourth-order valence-corrected chi connectivity index (χ4v) is 2.60. The smallest absolute Gasteiger partial charge is 0.328 e. The summed E-state index contributed by atoms with van der Waals surface area (Å²) in [6, 6.07) is 7.57. The number of pyridine rings is 1. The Morgan fingerprint density at radius 2 is 2.00 bits per heavy atom. The van der Waals surface area contributed by atoms with Crippen molar-refractivity contribution in [2.24, 2.45) is 0 Å². The third-order valence-electron chi connectivity index (χ3n) is 3.17. The Morgan fingerprint density at radius 3 is 2.65 bits per heavy atom. The summed E-state index contributed by atoms with van der Waals surface area (Å²) in [6.07, 6.45) is 3.27. The van der Waals surface area contributed by atoms with Crippen LogP contribution in [0.5, 0.6) is 0 Å². The maximum Gasteiger partial charge on any atom is 0.328 e. The van der Waals surface area contributed by atoms with Crippen LogP contribution in [0.25, 0.3) is 0 Å². The monoisotopic (exact) mass is 396 g/mol. The van der Waals surface area contributed by atoms with Gasteiger partial charge in [0.15, 0.2) is 0 Å². The van der Waals surface area contributed by atoms with Crippen LogP contribution in [-0.2, 0) is 16.0 Å². The molecule has 0 aliphatic rings. The number of esters is 1. The van der Waals surface area contributed by atoms with Gasteiger partial charge in [0.2, 0.25) is 0 Å². The van der Waals surface area contributed by atoms with Gasteiger partial charge >= 0.3 is 5.97 Å². The largest absolute Gasteiger partial charge is 0.467 e. The Kier molecular flexibility index (Phi) is 6.12. The maximum atomic E-state index is 12.2. The van der Waals surface area contributed by atoms with Crippen molar-refractivity contribution in [2.75, 3.05) is 7.11 Å². The quantitative estimate of drug-likeness (QED) is 0.788. The number of methoxy groups -OCH3 is 1. The van der Waals surface area contributed by atoms with Crippen molar-refractivity contribution in [3.63, 3.8) is 0 Å². The molecule has 0 fully saturated rings. The van der Waals surface area contributed by atoms with Crippen molar-refractivity contribution in [3.05, 3.63) is 63.3 Å². The lowest BCUT2D eigenvalue weighted by atomic mass is 10.1. The van der Waals surface area contributed by atoms with E-state index < -0.39 is 12.0 Å². The average Bonchev–Trinajstić information content (AvgIpc) is 2.57. The highest BCUT2D eigenvalue weighted by Crippen LogP contribution is 2.22. The lowest BCUT2D eigenvalue weighted by molar-refractivity contribution is -0.142. The van der Waals surface area contributed by atoms with Crippen LogP contribution in [-0.4, -0.2) is 30.0 Å². The molecule has 1 N–H and O–H groups in total. The molecule has 2 aromatic rings. The molecule has 0 aliphatic heterocycles. The molecule has 120 valence electrons. The summed E-state index contributed by atoms with van der Waals surface area (Å²) in [7, 11) is 1.28. The zero-order chi connectivity index (χ0) is 16.8. The predicted molar refractivity (Wildman–Crippen MR) is 90.4 cm³/mol. The molecule has 2 rings (SSSR count). The van der Waals surface area contributed by atoms with Gasteiger partial charge in [0.05, 0.1) is 7.11 Å². The van der Waals surface area contributed by atoms with E-state index in [9.17, 15) is 9.59 Å². The van der Waals surface area contributed by atoms with Gasteiger partial charge in [0.25, 0.3) is 5.91 Å². The van der Waals surface area contributed by atoms with Crippen molar-refractivity contribution in [1.29, 1.82) is 0 Å². The first-order valence-corrected chi connectivity index (χ1v) is 7.91. The van der Waals surface area contributed by atoms with Gasteiger partial charge in [-0.05, 0) is 35.9 Å². The van der Waals surface area contributed by atoms with Gasteiger partial charge in [-0.1, -0.05) is 27.5 Å². The summed E-state index contributed by atoms with van der Waals surface area (Å²) >= 11 is 9.39. The molecule has 23 heavy (non-hydrogen) atoms. The number of hydrogen-bond acceptors (Lipinski definition) is 4. The van der Waals surface area contributed by atoms with Crippen LogP contribution >= 0.6 is 27.5 Å². The molecule has 1 amide bonds. The van der Waals surface area contributed by atoms with E-state index in [1.54, 1.807) is 30.3 Å². The van der Waals surface area contributed by atoms with Crippen LogP contribution in [0.4, 0.5) is 0 Å². The van der Waals surface area contributed by atoms with Gasteiger partial charge in [-0.3, -0.25) is 9.78 Å². The van der Waals surface area contributed by atoms with E-state index in [4.69, 9.17) is 16.3 Å². The summed E-state index contributed by atoms with van der Waals surface area (Å²) < 4.78 is 5.58. The van der Waals surface area contributed by atoms with Crippen molar-refractivity contribution in [1.82, 2.24) is 10.3 Å². The molecule has 1 atom stereocenters. The second-order valence-electron chi connectivity index (χ2n) is 4.72. The van der Waals surface area contributed by atoms with Crippen molar-refractivity contribution in [2.45, 2.75) is 12.5 Å². The van der Waals surface area contributed by atoms with Crippen molar-refractivity contribution in [3.8, 4) is 0 Å². The van der Waals surface area contributed by atoms with Crippen LogP contribution in [0.1, 0.15) is 15.9 Å². The zero-order valence-electron chi connectivity index (χ0n) is 12.3. The van der Waals surface area contributed by atoms with Crippen molar-refractivity contribution >= 4 is 39.4 Å². The first kappa shape index (κ1) is 17.4. The molecule has 5 nitrogen and oxygen atoms in total. The number of amides is 1. The highest BCUT2D eigenvalue weighted by molar-refractivity contribution is 9.10. The van der Waals surface area contributed by atoms with Crippen LogP contribution < -0.4 is 5.32 Å². The number of ether oxygens (including phenoxy) is 1.